The number of likely N-dealkylation sites (tertiary alicyclic amines) is 1. The number of phenols is 1. The molecule has 3 rings (SSSR count). The second kappa shape index (κ2) is 7.15. The molecule has 1 unspecified atom stereocenters. The zero-order chi connectivity index (χ0) is 18.9. The zero-order valence-electron chi connectivity index (χ0n) is 14.3. The van der Waals surface area contributed by atoms with Crippen LogP contribution in [0.5, 0.6) is 5.75 Å². The monoisotopic (exact) mass is 367 g/mol. The standard InChI is InChI=1S/C19H20F3NO3/c1-26-18(25)12-6-8-23(9-7-12)17(19(20,21)22)15-3-2-14-11-16(24)5-4-13(14)10-15/h2-5,10-12,17,24H,6-9H2,1H3. The highest BCUT2D eigenvalue weighted by Gasteiger charge is 2.46. The number of hydrogen-bond donors (Lipinski definition) is 1. The molecule has 0 aliphatic carbocycles. The molecule has 26 heavy (non-hydrogen) atoms. The van der Waals surface area contributed by atoms with Gasteiger partial charge in [-0.1, -0.05) is 18.2 Å². The molecule has 7 heteroatoms. The molecule has 0 bridgehead atoms. The van der Waals surface area contributed by atoms with Crippen LogP contribution in [0.4, 0.5) is 13.2 Å². The Kier molecular flexibility index (Phi) is 5.09. The van der Waals surface area contributed by atoms with E-state index in [1.54, 1.807) is 12.1 Å². The topological polar surface area (TPSA) is 49.8 Å². The summed E-state index contributed by atoms with van der Waals surface area (Å²) in [5, 5.41) is 10.8. The van der Waals surface area contributed by atoms with E-state index in [1.807, 2.05) is 0 Å². The van der Waals surface area contributed by atoms with Crippen molar-refractivity contribution < 1.29 is 27.8 Å². The number of alkyl halides is 3. The van der Waals surface area contributed by atoms with Crippen molar-refractivity contribution in [2.75, 3.05) is 20.2 Å². The summed E-state index contributed by atoms with van der Waals surface area (Å²) in [6.07, 6.45) is -3.73. The van der Waals surface area contributed by atoms with Crippen LogP contribution in [0.3, 0.4) is 0 Å². The smallest absolute Gasteiger partial charge is 0.408 e. The number of carbonyl (C=O) groups excluding carboxylic acids is 1. The van der Waals surface area contributed by atoms with Crippen LogP contribution in [-0.2, 0) is 9.53 Å². The third-order valence-electron chi connectivity index (χ3n) is 4.90. The molecule has 0 radical (unpaired) electrons. The number of piperidine rings is 1. The third-order valence-corrected chi connectivity index (χ3v) is 4.90. The number of halogens is 3. The molecule has 0 amide bonds. The second-order valence-electron chi connectivity index (χ2n) is 6.57. The van der Waals surface area contributed by atoms with Crippen LogP contribution in [0.25, 0.3) is 10.8 Å². The van der Waals surface area contributed by atoms with Crippen molar-refractivity contribution in [3.05, 3.63) is 42.0 Å². The molecule has 1 saturated heterocycles. The Labute approximate surface area is 149 Å². The summed E-state index contributed by atoms with van der Waals surface area (Å²) in [6.45, 7) is 0.356. The van der Waals surface area contributed by atoms with Gasteiger partial charge < -0.3 is 9.84 Å². The molecule has 0 saturated carbocycles. The average molecular weight is 367 g/mol. The van der Waals surface area contributed by atoms with Crippen molar-refractivity contribution in [3.8, 4) is 5.75 Å². The molecule has 4 nitrogen and oxygen atoms in total. The molecular weight excluding hydrogens is 347 g/mol. The van der Waals surface area contributed by atoms with E-state index in [1.165, 1.54) is 36.3 Å². The van der Waals surface area contributed by atoms with Crippen LogP contribution in [0.1, 0.15) is 24.4 Å². The molecule has 1 atom stereocenters. The van der Waals surface area contributed by atoms with Gasteiger partial charge in [-0.05, 0) is 60.5 Å². The van der Waals surface area contributed by atoms with Crippen molar-refractivity contribution in [2.24, 2.45) is 5.92 Å². The normalized spacial score (nSPS) is 18.0. The first-order valence-corrected chi connectivity index (χ1v) is 8.41. The second-order valence-corrected chi connectivity index (χ2v) is 6.57. The average Bonchev–Trinajstić information content (AvgIpc) is 2.60. The molecule has 1 aliphatic heterocycles. The van der Waals surface area contributed by atoms with Crippen molar-refractivity contribution in [3.63, 3.8) is 0 Å². The fraction of sp³-hybridized carbons (Fsp3) is 0.421. The Balaban J connectivity index is 1.88. The van der Waals surface area contributed by atoms with Crippen molar-refractivity contribution in [1.82, 2.24) is 4.90 Å². The van der Waals surface area contributed by atoms with E-state index < -0.39 is 12.2 Å². The number of benzene rings is 2. The molecule has 1 aliphatic rings. The Morgan fingerprint density at radius 1 is 1.15 bits per heavy atom. The number of carbonyl (C=O) groups is 1. The van der Waals surface area contributed by atoms with Gasteiger partial charge in [0, 0.05) is 0 Å². The Hall–Kier alpha value is -2.28. The van der Waals surface area contributed by atoms with E-state index in [-0.39, 0.29) is 36.3 Å². The summed E-state index contributed by atoms with van der Waals surface area (Å²) in [4.78, 5) is 13.0. The molecule has 1 fully saturated rings. The van der Waals surface area contributed by atoms with E-state index in [2.05, 4.69) is 0 Å². The molecule has 1 N–H and O–H groups in total. The Morgan fingerprint density at radius 2 is 1.77 bits per heavy atom. The minimum absolute atomic E-state index is 0.0718. The first-order valence-electron chi connectivity index (χ1n) is 8.41. The van der Waals surface area contributed by atoms with Gasteiger partial charge in [-0.2, -0.15) is 13.2 Å². The lowest BCUT2D eigenvalue weighted by Gasteiger charge is -2.37. The van der Waals surface area contributed by atoms with Gasteiger partial charge in [-0.15, -0.1) is 0 Å². The summed E-state index contributed by atoms with van der Waals surface area (Å²) >= 11 is 0. The SMILES string of the molecule is COC(=O)C1CCN(C(c2ccc3cc(O)ccc3c2)C(F)(F)F)CC1. The maximum atomic E-state index is 13.8. The van der Waals surface area contributed by atoms with Gasteiger partial charge in [0.2, 0.25) is 0 Å². The number of rotatable bonds is 3. The van der Waals surface area contributed by atoms with E-state index in [0.717, 1.165) is 0 Å². The number of phenolic OH excluding ortho intramolecular Hbond substituents is 1. The van der Waals surface area contributed by atoms with Crippen molar-refractivity contribution in [2.45, 2.75) is 25.1 Å². The summed E-state index contributed by atoms with van der Waals surface area (Å²) in [5.41, 5.74) is 0.159. The minimum Gasteiger partial charge on any atom is -0.508 e. The lowest BCUT2D eigenvalue weighted by Crippen LogP contribution is -2.44. The quantitative estimate of drug-likeness (QED) is 0.832. The maximum Gasteiger partial charge on any atom is 0.408 e. The minimum atomic E-state index is -4.43. The highest BCUT2D eigenvalue weighted by atomic mass is 19.4. The molecular formula is C19H20F3NO3. The predicted octanol–water partition coefficient (Wildman–Crippen LogP) is 4.03. The van der Waals surface area contributed by atoms with Gasteiger partial charge in [0.25, 0.3) is 0 Å². The fourth-order valence-electron chi connectivity index (χ4n) is 3.59. The Bertz CT molecular complexity index is 798. The van der Waals surface area contributed by atoms with Gasteiger partial charge in [-0.3, -0.25) is 9.69 Å². The summed E-state index contributed by atoms with van der Waals surface area (Å²) in [5.74, 6) is -0.633. The zero-order valence-corrected chi connectivity index (χ0v) is 14.3. The van der Waals surface area contributed by atoms with Gasteiger partial charge in [0.1, 0.15) is 11.8 Å². The number of aromatic hydroxyl groups is 1. The number of hydrogen-bond acceptors (Lipinski definition) is 4. The third kappa shape index (κ3) is 3.77. The molecule has 0 aromatic heterocycles. The summed E-state index contributed by atoms with van der Waals surface area (Å²) < 4.78 is 46.1. The first-order chi connectivity index (χ1) is 12.3. The molecule has 2 aromatic rings. The van der Waals surface area contributed by atoms with E-state index in [4.69, 9.17) is 4.74 Å². The number of fused-ring (bicyclic) bond motifs is 1. The lowest BCUT2D eigenvalue weighted by molar-refractivity contribution is -0.190. The number of methoxy groups -OCH3 is 1. The van der Waals surface area contributed by atoms with Gasteiger partial charge in [0.15, 0.2) is 0 Å². The molecule has 140 valence electrons. The number of esters is 1. The van der Waals surface area contributed by atoms with Crippen LogP contribution in [0, 0.1) is 5.92 Å². The van der Waals surface area contributed by atoms with Gasteiger partial charge >= 0.3 is 12.1 Å². The lowest BCUT2D eigenvalue weighted by atomic mass is 9.93. The van der Waals surface area contributed by atoms with Crippen LogP contribution in [0.2, 0.25) is 0 Å². The molecule has 1 heterocycles. The largest absolute Gasteiger partial charge is 0.508 e. The van der Waals surface area contributed by atoms with Crippen molar-refractivity contribution >= 4 is 16.7 Å². The highest BCUT2D eigenvalue weighted by molar-refractivity contribution is 5.84. The number of ether oxygens (including phenoxy) is 1. The van der Waals surface area contributed by atoms with Crippen LogP contribution < -0.4 is 0 Å². The Morgan fingerprint density at radius 3 is 2.38 bits per heavy atom. The van der Waals surface area contributed by atoms with Crippen molar-refractivity contribution in [1.29, 1.82) is 0 Å². The maximum absolute atomic E-state index is 13.8. The van der Waals surface area contributed by atoms with E-state index in [0.29, 0.717) is 23.6 Å². The van der Waals surface area contributed by atoms with Gasteiger partial charge in [-0.25, -0.2) is 0 Å². The molecule has 2 aromatic carbocycles. The van der Waals surface area contributed by atoms with Crippen LogP contribution in [0.15, 0.2) is 36.4 Å². The predicted molar refractivity (Wildman–Crippen MR) is 90.7 cm³/mol. The van der Waals surface area contributed by atoms with Crippen LogP contribution >= 0.6 is 0 Å². The highest BCUT2D eigenvalue weighted by Crippen LogP contribution is 2.40. The summed E-state index contributed by atoms with van der Waals surface area (Å²) in [7, 11) is 1.29. The van der Waals surface area contributed by atoms with Gasteiger partial charge in [0.05, 0.1) is 13.0 Å². The number of nitrogens with zero attached hydrogens (tertiary/aromatic N) is 1. The summed E-state index contributed by atoms with van der Waals surface area (Å²) in [6, 6.07) is 7.40. The fourth-order valence-corrected chi connectivity index (χ4v) is 3.59. The molecule has 0 spiro atoms. The van der Waals surface area contributed by atoms with E-state index in [9.17, 15) is 23.1 Å². The van der Waals surface area contributed by atoms with E-state index >= 15 is 0 Å². The first kappa shape index (κ1) is 18.5. The van der Waals surface area contributed by atoms with Crippen LogP contribution in [-0.4, -0.2) is 42.4 Å².